The second-order valence-corrected chi connectivity index (χ2v) is 7.48. The summed E-state index contributed by atoms with van der Waals surface area (Å²) in [5.74, 6) is 0.304. The summed E-state index contributed by atoms with van der Waals surface area (Å²) in [5, 5.41) is 0.442. The van der Waals surface area contributed by atoms with Gasteiger partial charge in [-0.15, -0.1) is 0 Å². The molecule has 2 heterocycles. The Hall–Kier alpha value is -3.02. The van der Waals surface area contributed by atoms with Crippen molar-refractivity contribution in [3.63, 3.8) is 0 Å². The van der Waals surface area contributed by atoms with Crippen LogP contribution in [-0.4, -0.2) is 9.13 Å². The molecule has 4 rings (SSSR count). The summed E-state index contributed by atoms with van der Waals surface area (Å²) >= 11 is 0. The molecule has 0 spiro atoms. The fraction of sp³-hybridized carbons (Fsp3) is 0.333. The van der Waals surface area contributed by atoms with E-state index in [0.29, 0.717) is 28.9 Å². The zero-order valence-corrected chi connectivity index (χ0v) is 15.9. The van der Waals surface area contributed by atoms with E-state index in [-0.39, 0.29) is 17.2 Å². The van der Waals surface area contributed by atoms with Gasteiger partial charge in [0.25, 0.3) is 11.3 Å². The number of rotatable bonds is 3. The van der Waals surface area contributed by atoms with Crippen LogP contribution in [0.1, 0.15) is 26.3 Å². The summed E-state index contributed by atoms with van der Waals surface area (Å²) < 4.78 is 15.0. The first-order chi connectivity index (χ1) is 12.8. The van der Waals surface area contributed by atoms with Crippen molar-refractivity contribution in [1.29, 1.82) is 0 Å². The number of nitrogens with zero attached hydrogens (tertiary/aromatic N) is 2. The van der Waals surface area contributed by atoms with Crippen LogP contribution in [0.5, 0.6) is 11.5 Å². The molecule has 0 aliphatic carbocycles. The molecule has 27 heavy (non-hydrogen) atoms. The molecule has 0 fully saturated rings. The fourth-order valence-corrected chi connectivity index (χ4v) is 3.50. The molecule has 1 aromatic heterocycles. The molecule has 0 N–H and O–H groups in total. The van der Waals surface area contributed by atoms with Gasteiger partial charge >= 0.3 is 5.69 Å². The lowest BCUT2D eigenvalue weighted by atomic mass is 10.1. The highest BCUT2D eigenvalue weighted by Gasteiger charge is 2.39. The van der Waals surface area contributed by atoms with Crippen molar-refractivity contribution in [2.24, 2.45) is 13.0 Å². The van der Waals surface area contributed by atoms with E-state index in [0.717, 1.165) is 10.1 Å². The number of hydrogen-bond acceptors (Lipinski definition) is 4. The normalized spacial score (nSPS) is 18.4. The van der Waals surface area contributed by atoms with Gasteiger partial charge < -0.3 is 9.47 Å². The Bertz CT molecular complexity index is 1140. The zero-order valence-electron chi connectivity index (χ0n) is 15.9. The monoisotopic (exact) mass is 366 g/mol. The molecule has 1 aliphatic heterocycles. The summed E-state index contributed by atoms with van der Waals surface area (Å²) in [5.41, 5.74) is 0.773. The van der Waals surface area contributed by atoms with Crippen molar-refractivity contribution in [3.8, 4) is 11.5 Å². The van der Waals surface area contributed by atoms with E-state index in [1.54, 1.807) is 16.7 Å². The van der Waals surface area contributed by atoms with Crippen LogP contribution < -0.4 is 20.7 Å². The van der Waals surface area contributed by atoms with Crippen molar-refractivity contribution < 1.29 is 9.47 Å². The van der Waals surface area contributed by atoms with E-state index in [1.165, 1.54) is 7.05 Å². The predicted molar refractivity (Wildman–Crippen MR) is 103 cm³/mol. The minimum Gasteiger partial charge on any atom is -0.445 e. The average molecular weight is 366 g/mol. The largest absolute Gasteiger partial charge is 0.445 e. The van der Waals surface area contributed by atoms with Gasteiger partial charge in [0, 0.05) is 32.1 Å². The summed E-state index contributed by atoms with van der Waals surface area (Å²) in [6.45, 7) is 6.41. The minimum atomic E-state index is -0.977. The quantitative estimate of drug-likeness (QED) is 0.715. The molecular weight excluding hydrogens is 344 g/mol. The van der Waals surface area contributed by atoms with Crippen LogP contribution in [0.25, 0.3) is 10.9 Å². The Morgan fingerprint density at radius 2 is 1.67 bits per heavy atom. The number of benzene rings is 2. The van der Waals surface area contributed by atoms with Gasteiger partial charge in [0.2, 0.25) is 0 Å². The Kier molecular flexibility index (Phi) is 3.87. The lowest BCUT2D eigenvalue weighted by molar-refractivity contribution is -0.0679. The number of aromatic nitrogens is 2. The van der Waals surface area contributed by atoms with E-state index in [1.807, 2.05) is 51.1 Å². The molecule has 0 saturated heterocycles. The molecule has 0 saturated carbocycles. The predicted octanol–water partition coefficient (Wildman–Crippen LogP) is 3.00. The molecule has 1 atom stereocenters. The van der Waals surface area contributed by atoms with Crippen LogP contribution in [0.2, 0.25) is 0 Å². The van der Waals surface area contributed by atoms with Crippen LogP contribution in [0.15, 0.2) is 52.1 Å². The van der Waals surface area contributed by atoms with E-state index in [2.05, 4.69) is 0 Å². The Labute approximate surface area is 156 Å². The van der Waals surface area contributed by atoms with Gasteiger partial charge in [-0.25, -0.2) is 4.79 Å². The Balaban J connectivity index is 1.92. The highest BCUT2D eigenvalue weighted by molar-refractivity contribution is 5.82. The molecule has 140 valence electrons. The molecule has 6 heteroatoms. The standard InChI is InChI=1S/C21H22N2O4/c1-13(2)12-23-16-11-18-17(10-15(16)19(24)22(4)20(23)25)26-21(3,27-18)14-8-6-5-7-9-14/h5-11,13H,12H2,1-4H3. The molecule has 1 aliphatic rings. The molecule has 3 aromatic rings. The van der Waals surface area contributed by atoms with Gasteiger partial charge in [-0.3, -0.25) is 13.9 Å². The molecule has 2 aromatic carbocycles. The topological polar surface area (TPSA) is 62.5 Å². The van der Waals surface area contributed by atoms with Gasteiger partial charge in [-0.05, 0) is 12.0 Å². The highest BCUT2D eigenvalue weighted by Crippen LogP contribution is 2.45. The van der Waals surface area contributed by atoms with Gasteiger partial charge in [0.15, 0.2) is 11.5 Å². The zero-order chi connectivity index (χ0) is 19.3. The van der Waals surface area contributed by atoms with Crippen molar-refractivity contribution in [1.82, 2.24) is 9.13 Å². The maximum atomic E-state index is 12.7. The third kappa shape index (κ3) is 2.72. The van der Waals surface area contributed by atoms with Crippen LogP contribution in [-0.2, 0) is 19.4 Å². The molecule has 6 nitrogen and oxygen atoms in total. The second kappa shape index (κ2) is 6.01. The fourth-order valence-electron chi connectivity index (χ4n) is 3.50. The summed E-state index contributed by atoms with van der Waals surface area (Å²) in [6, 6.07) is 13.0. The Morgan fingerprint density at radius 3 is 2.30 bits per heavy atom. The van der Waals surface area contributed by atoms with Crippen LogP contribution >= 0.6 is 0 Å². The second-order valence-electron chi connectivity index (χ2n) is 7.48. The van der Waals surface area contributed by atoms with E-state index >= 15 is 0 Å². The van der Waals surface area contributed by atoms with E-state index in [4.69, 9.17) is 9.47 Å². The SMILES string of the molecule is CC(C)Cn1c(=O)n(C)c(=O)c2cc3c(cc21)OC(C)(c1ccccc1)O3. The van der Waals surface area contributed by atoms with Gasteiger partial charge in [0.1, 0.15) is 0 Å². The lowest BCUT2D eigenvalue weighted by Gasteiger charge is -2.23. The first kappa shape index (κ1) is 17.4. The first-order valence-electron chi connectivity index (χ1n) is 9.01. The van der Waals surface area contributed by atoms with Gasteiger partial charge in [-0.1, -0.05) is 44.2 Å². The number of ether oxygens (including phenoxy) is 2. The van der Waals surface area contributed by atoms with Crippen LogP contribution in [0, 0.1) is 5.92 Å². The molecule has 0 radical (unpaired) electrons. The maximum absolute atomic E-state index is 12.7. The highest BCUT2D eigenvalue weighted by atomic mass is 16.7. The average Bonchev–Trinajstić information content (AvgIpc) is 2.99. The van der Waals surface area contributed by atoms with Crippen molar-refractivity contribution >= 4 is 10.9 Å². The third-order valence-electron chi connectivity index (χ3n) is 4.86. The summed E-state index contributed by atoms with van der Waals surface area (Å²) in [6.07, 6.45) is 0. The van der Waals surface area contributed by atoms with Crippen LogP contribution in [0.3, 0.4) is 0 Å². The molecule has 1 unspecified atom stereocenters. The van der Waals surface area contributed by atoms with Crippen molar-refractivity contribution in [3.05, 3.63) is 68.9 Å². The van der Waals surface area contributed by atoms with Crippen molar-refractivity contribution in [2.45, 2.75) is 33.1 Å². The van der Waals surface area contributed by atoms with E-state index < -0.39 is 5.79 Å². The Morgan fingerprint density at radius 1 is 1.04 bits per heavy atom. The van der Waals surface area contributed by atoms with Crippen LogP contribution in [0.4, 0.5) is 0 Å². The molecular formula is C21H22N2O4. The summed E-state index contributed by atoms with van der Waals surface area (Å²) in [4.78, 5) is 25.3. The smallest absolute Gasteiger partial charge is 0.331 e. The van der Waals surface area contributed by atoms with Gasteiger partial charge in [-0.2, -0.15) is 0 Å². The summed E-state index contributed by atoms with van der Waals surface area (Å²) in [7, 11) is 1.50. The number of fused-ring (bicyclic) bond motifs is 2. The van der Waals surface area contributed by atoms with Crippen molar-refractivity contribution in [2.75, 3.05) is 0 Å². The number of hydrogen-bond donors (Lipinski definition) is 0. The van der Waals surface area contributed by atoms with E-state index in [9.17, 15) is 9.59 Å². The minimum absolute atomic E-state index is 0.253. The third-order valence-corrected chi connectivity index (χ3v) is 4.86. The first-order valence-corrected chi connectivity index (χ1v) is 9.01. The molecule has 0 amide bonds. The maximum Gasteiger partial charge on any atom is 0.331 e. The lowest BCUT2D eigenvalue weighted by Crippen LogP contribution is -2.38. The van der Waals surface area contributed by atoms with Gasteiger partial charge in [0.05, 0.1) is 10.9 Å². The molecule has 0 bridgehead atoms.